The number of aromatic nitrogens is 4. The first-order valence-electron chi connectivity index (χ1n) is 9.13. The fraction of sp³-hybridized carbons (Fsp3) is 0.300. The summed E-state index contributed by atoms with van der Waals surface area (Å²) in [6, 6.07) is 9.11. The molecule has 0 aliphatic heterocycles. The highest BCUT2D eigenvalue weighted by molar-refractivity contribution is 5.94. The Morgan fingerprint density at radius 2 is 1.93 bits per heavy atom. The summed E-state index contributed by atoms with van der Waals surface area (Å²) in [4.78, 5) is 25.2. The maximum absolute atomic E-state index is 11.9. The zero-order valence-corrected chi connectivity index (χ0v) is 16.2. The van der Waals surface area contributed by atoms with Crippen molar-refractivity contribution in [1.82, 2.24) is 24.8 Å². The number of anilines is 2. The van der Waals surface area contributed by atoms with Crippen molar-refractivity contribution in [3.05, 3.63) is 54.1 Å². The molecule has 2 heterocycles. The summed E-state index contributed by atoms with van der Waals surface area (Å²) < 4.78 is 2.13. The summed E-state index contributed by atoms with van der Waals surface area (Å²) in [5.41, 5.74) is 3.01. The number of hydrogen-bond acceptors (Lipinski definition) is 6. The zero-order chi connectivity index (χ0) is 20.1. The highest BCUT2D eigenvalue weighted by Crippen LogP contribution is 2.24. The Morgan fingerprint density at radius 3 is 2.61 bits per heavy atom. The summed E-state index contributed by atoms with van der Waals surface area (Å²) >= 11 is 0. The minimum absolute atomic E-state index is 0.0890. The fourth-order valence-electron chi connectivity index (χ4n) is 2.96. The summed E-state index contributed by atoms with van der Waals surface area (Å²) in [6.07, 6.45) is 3.52. The average Bonchev–Trinajstić information content (AvgIpc) is 3.08. The van der Waals surface area contributed by atoms with Gasteiger partial charge < -0.3 is 20.3 Å². The van der Waals surface area contributed by atoms with E-state index >= 15 is 0 Å². The number of hydrogen-bond donors (Lipinski definition) is 3. The lowest BCUT2D eigenvalue weighted by atomic mass is 10.2. The van der Waals surface area contributed by atoms with Crippen molar-refractivity contribution in [2.75, 3.05) is 18.5 Å². The Balaban J connectivity index is 1.78. The van der Waals surface area contributed by atoms with Crippen LogP contribution in [0.15, 0.2) is 42.7 Å². The van der Waals surface area contributed by atoms with Crippen LogP contribution in [-0.2, 0) is 0 Å². The molecule has 3 N–H and O–H groups in total. The van der Waals surface area contributed by atoms with Crippen LogP contribution in [-0.4, -0.2) is 43.7 Å². The number of carbonyl (C=O) groups excluding carboxylic acids is 1. The molecular formula is C20H24N6O2. The van der Waals surface area contributed by atoms with E-state index in [0.717, 1.165) is 22.9 Å². The van der Waals surface area contributed by atoms with Crippen molar-refractivity contribution in [1.29, 1.82) is 0 Å². The smallest absolute Gasteiger partial charge is 0.251 e. The van der Waals surface area contributed by atoms with E-state index in [9.17, 15) is 4.79 Å². The first-order valence-corrected chi connectivity index (χ1v) is 9.13. The third-order valence-corrected chi connectivity index (χ3v) is 4.22. The van der Waals surface area contributed by atoms with Crippen molar-refractivity contribution in [2.45, 2.75) is 26.8 Å². The van der Waals surface area contributed by atoms with Gasteiger partial charge in [0.2, 0.25) is 5.95 Å². The molecule has 0 atom stereocenters. The van der Waals surface area contributed by atoms with Gasteiger partial charge in [-0.3, -0.25) is 4.79 Å². The lowest BCUT2D eigenvalue weighted by molar-refractivity contribution is 0.0945. The maximum atomic E-state index is 11.9. The molecule has 0 saturated carbocycles. The molecule has 1 amide bonds. The molecule has 3 rings (SSSR count). The number of aliphatic hydroxyl groups excluding tert-OH is 1. The third kappa shape index (κ3) is 4.34. The van der Waals surface area contributed by atoms with Crippen LogP contribution in [0.5, 0.6) is 0 Å². The van der Waals surface area contributed by atoms with Gasteiger partial charge in [-0.2, -0.15) is 0 Å². The number of aliphatic hydroxyl groups is 1. The molecule has 1 aromatic carbocycles. The average molecular weight is 380 g/mol. The third-order valence-electron chi connectivity index (χ3n) is 4.22. The minimum atomic E-state index is -0.226. The second kappa shape index (κ2) is 8.62. The van der Waals surface area contributed by atoms with Crippen LogP contribution in [0, 0.1) is 6.92 Å². The molecule has 0 aliphatic carbocycles. The standard InChI is InChI=1S/C20H24N6O2/c1-13(2)26-14(3)23-12-18(26)17-8-9-22-20(25-17)24-16-6-4-15(5-7-16)19(28)21-10-11-27/h4-9,12-13,27H,10-11H2,1-3H3,(H,21,28)(H,22,24,25). The molecule has 0 radical (unpaired) electrons. The minimum Gasteiger partial charge on any atom is -0.395 e. The molecule has 146 valence electrons. The van der Waals surface area contributed by atoms with Gasteiger partial charge in [-0.1, -0.05) is 0 Å². The van der Waals surface area contributed by atoms with E-state index in [1.54, 1.807) is 30.5 Å². The molecule has 28 heavy (non-hydrogen) atoms. The summed E-state index contributed by atoms with van der Waals surface area (Å²) in [7, 11) is 0. The Labute approximate surface area is 163 Å². The number of nitrogens with one attached hydrogen (secondary N) is 2. The summed E-state index contributed by atoms with van der Waals surface area (Å²) in [6.45, 7) is 6.33. The van der Waals surface area contributed by atoms with Crippen molar-refractivity contribution in [2.24, 2.45) is 0 Å². The number of benzene rings is 1. The van der Waals surface area contributed by atoms with Gasteiger partial charge in [0.1, 0.15) is 5.82 Å². The second-order valence-corrected chi connectivity index (χ2v) is 6.60. The van der Waals surface area contributed by atoms with Crippen LogP contribution in [0.1, 0.15) is 36.1 Å². The number of amides is 1. The highest BCUT2D eigenvalue weighted by atomic mass is 16.3. The Kier molecular flexibility index (Phi) is 6.00. The molecule has 8 heteroatoms. The van der Waals surface area contributed by atoms with E-state index in [4.69, 9.17) is 5.11 Å². The molecule has 3 aromatic rings. The Hall–Kier alpha value is -3.26. The number of aryl methyl sites for hydroxylation is 1. The quantitative estimate of drug-likeness (QED) is 0.582. The molecule has 0 unspecified atom stereocenters. The van der Waals surface area contributed by atoms with E-state index in [-0.39, 0.29) is 25.1 Å². The van der Waals surface area contributed by atoms with Crippen LogP contribution in [0.25, 0.3) is 11.4 Å². The number of carbonyl (C=O) groups is 1. The van der Waals surface area contributed by atoms with Crippen molar-refractivity contribution < 1.29 is 9.90 Å². The summed E-state index contributed by atoms with van der Waals surface area (Å²) in [5.74, 6) is 1.17. The predicted molar refractivity (Wildman–Crippen MR) is 108 cm³/mol. The topological polar surface area (TPSA) is 105 Å². The Bertz CT molecular complexity index is 950. The van der Waals surface area contributed by atoms with Crippen LogP contribution in [0.2, 0.25) is 0 Å². The van der Waals surface area contributed by atoms with Gasteiger partial charge in [-0.25, -0.2) is 15.0 Å². The van der Waals surface area contributed by atoms with Gasteiger partial charge in [0.05, 0.1) is 24.2 Å². The van der Waals surface area contributed by atoms with E-state index in [2.05, 4.69) is 44.0 Å². The van der Waals surface area contributed by atoms with Gasteiger partial charge in [-0.05, 0) is 51.1 Å². The van der Waals surface area contributed by atoms with Crippen LogP contribution in [0.3, 0.4) is 0 Å². The van der Waals surface area contributed by atoms with Gasteiger partial charge in [0, 0.05) is 30.0 Å². The largest absolute Gasteiger partial charge is 0.395 e. The molecule has 0 bridgehead atoms. The van der Waals surface area contributed by atoms with Crippen LogP contribution < -0.4 is 10.6 Å². The predicted octanol–water partition coefficient (Wildman–Crippen LogP) is 2.70. The first kappa shape index (κ1) is 19.5. The van der Waals surface area contributed by atoms with Crippen LogP contribution >= 0.6 is 0 Å². The van der Waals surface area contributed by atoms with E-state index in [0.29, 0.717) is 11.5 Å². The van der Waals surface area contributed by atoms with E-state index in [1.165, 1.54) is 0 Å². The lowest BCUT2D eigenvalue weighted by Gasteiger charge is -2.14. The molecule has 0 spiro atoms. The highest BCUT2D eigenvalue weighted by Gasteiger charge is 2.13. The second-order valence-electron chi connectivity index (χ2n) is 6.60. The fourth-order valence-corrected chi connectivity index (χ4v) is 2.96. The summed E-state index contributed by atoms with van der Waals surface area (Å²) in [5, 5.41) is 14.6. The molecule has 2 aromatic heterocycles. The molecule has 0 saturated heterocycles. The van der Waals surface area contributed by atoms with Crippen molar-refractivity contribution in [3.8, 4) is 11.4 Å². The van der Waals surface area contributed by atoms with Crippen molar-refractivity contribution >= 4 is 17.5 Å². The molecular weight excluding hydrogens is 356 g/mol. The molecule has 0 aliphatic rings. The van der Waals surface area contributed by atoms with Gasteiger partial charge in [0.25, 0.3) is 5.91 Å². The Morgan fingerprint density at radius 1 is 1.18 bits per heavy atom. The number of nitrogens with zero attached hydrogens (tertiary/aromatic N) is 4. The van der Waals surface area contributed by atoms with E-state index < -0.39 is 0 Å². The number of imidazole rings is 1. The zero-order valence-electron chi connectivity index (χ0n) is 16.2. The van der Waals surface area contributed by atoms with Gasteiger partial charge in [0.15, 0.2) is 0 Å². The number of rotatable bonds is 7. The van der Waals surface area contributed by atoms with Gasteiger partial charge in [-0.15, -0.1) is 0 Å². The van der Waals surface area contributed by atoms with E-state index in [1.807, 2.05) is 19.2 Å². The molecule has 0 fully saturated rings. The van der Waals surface area contributed by atoms with Crippen molar-refractivity contribution in [3.63, 3.8) is 0 Å². The monoisotopic (exact) mass is 380 g/mol. The first-order chi connectivity index (χ1) is 13.5. The maximum Gasteiger partial charge on any atom is 0.251 e. The SMILES string of the molecule is Cc1ncc(-c2ccnc(Nc3ccc(C(=O)NCCO)cc3)n2)n1C(C)C. The lowest BCUT2D eigenvalue weighted by Crippen LogP contribution is -2.26. The molecule has 8 nitrogen and oxygen atoms in total. The normalized spacial score (nSPS) is 10.9. The van der Waals surface area contributed by atoms with Gasteiger partial charge >= 0.3 is 0 Å². The van der Waals surface area contributed by atoms with Crippen LogP contribution in [0.4, 0.5) is 11.6 Å².